The average Bonchev–Trinajstić information content (AvgIpc) is 2.71. The Morgan fingerprint density at radius 3 is 2.83 bits per heavy atom. The summed E-state index contributed by atoms with van der Waals surface area (Å²) in [7, 11) is 0. The molecular weight excluding hydrogens is 224 g/mol. The van der Waals surface area contributed by atoms with Gasteiger partial charge in [-0.3, -0.25) is 0 Å². The smallest absolute Gasteiger partial charge is 0.135 e. The first kappa shape index (κ1) is 13.5. The summed E-state index contributed by atoms with van der Waals surface area (Å²) in [6.45, 7) is 7.72. The van der Waals surface area contributed by atoms with E-state index in [0.29, 0.717) is 12.0 Å². The fraction of sp³-hybridized carbons (Fsp3) is 0.857. The van der Waals surface area contributed by atoms with E-state index >= 15 is 0 Å². The van der Waals surface area contributed by atoms with Gasteiger partial charge in [0.15, 0.2) is 0 Å². The van der Waals surface area contributed by atoms with Gasteiger partial charge in [0.25, 0.3) is 0 Å². The molecule has 1 aliphatic rings. The minimum absolute atomic E-state index is 0.311. The maximum absolute atomic E-state index is 5.79. The van der Waals surface area contributed by atoms with Gasteiger partial charge in [-0.2, -0.15) is 0 Å². The molecule has 3 unspecified atom stereocenters. The highest BCUT2D eigenvalue weighted by Gasteiger charge is 2.22. The van der Waals surface area contributed by atoms with Crippen LogP contribution in [0.3, 0.4) is 0 Å². The van der Waals surface area contributed by atoms with Crippen LogP contribution in [-0.4, -0.2) is 20.8 Å². The molecule has 4 heteroatoms. The Hall–Kier alpha value is -0.900. The summed E-state index contributed by atoms with van der Waals surface area (Å²) in [6.07, 6.45) is 5.78. The molecule has 0 aromatic carbocycles. The van der Waals surface area contributed by atoms with Crippen molar-refractivity contribution in [2.24, 2.45) is 11.7 Å². The summed E-state index contributed by atoms with van der Waals surface area (Å²) in [5.74, 6) is 3.62. The van der Waals surface area contributed by atoms with Crippen molar-refractivity contribution < 1.29 is 0 Å². The zero-order chi connectivity index (χ0) is 13.1. The maximum Gasteiger partial charge on any atom is 0.135 e. The van der Waals surface area contributed by atoms with Crippen molar-refractivity contribution >= 4 is 0 Å². The van der Waals surface area contributed by atoms with Crippen LogP contribution in [0.4, 0.5) is 0 Å². The zero-order valence-electron chi connectivity index (χ0n) is 11.9. The lowest BCUT2D eigenvalue weighted by atomic mass is 9.98. The third-order valence-electron chi connectivity index (χ3n) is 3.97. The predicted octanol–water partition coefficient (Wildman–Crippen LogP) is 2.48. The van der Waals surface area contributed by atoms with E-state index in [0.717, 1.165) is 31.7 Å². The van der Waals surface area contributed by atoms with Crippen LogP contribution in [0.25, 0.3) is 0 Å². The predicted molar refractivity (Wildman–Crippen MR) is 73.4 cm³/mol. The molecule has 0 amide bonds. The number of aromatic nitrogens is 3. The summed E-state index contributed by atoms with van der Waals surface area (Å²) >= 11 is 0. The summed E-state index contributed by atoms with van der Waals surface area (Å²) in [5.41, 5.74) is 5.79. The van der Waals surface area contributed by atoms with E-state index in [9.17, 15) is 0 Å². The average molecular weight is 250 g/mol. The third-order valence-corrected chi connectivity index (χ3v) is 3.97. The quantitative estimate of drug-likeness (QED) is 0.873. The molecule has 4 nitrogen and oxygen atoms in total. The lowest BCUT2D eigenvalue weighted by Crippen LogP contribution is -2.20. The normalized spacial score (nSPS) is 22.6. The van der Waals surface area contributed by atoms with Crippen LogP contribution in [0.5, 0.6) is 0 Å². The van der Waals surface area contributed by atoms with E-state index in [2.05, 4.69) is 35.5 Å². The fourth-order valence-electron chi connectivity index (χ4n) is 2.75. The number of hydrogen-bond acceptors (Lipinski definition) is 3. The van der Waals surface area contributed by atoms with Gasteiger partial charge in [0.05, 0.1) is 0 Å². The Balaban J connectivity index is 1.96. The lowest BCUT2D eigenvalue weighted by molar-refractivity contribution is 0.395. The molecule has 2 heterocycles. The summed E-state index contributed by atoms with van der Waals surface area (Å²) in [6, 6.07) is 0.311. The minimum Gasteiger partial charge on any atom is -0.328 e. The molecule has 1 aliphatic heterocycles. The number of hydrogen-bond donors (Lipinski definition) is 1. The molecule has 1 aromatic heterocycles. The molecule has 0 radical (unpaired) electrons. The van der Waals surface area contributed by atoms with E-state index in [1.807, 2.05) is 0 Å². The topological polar surface area (TPSA) is 56.7 Å². The van der Waals surface area contributed by atoms with Gasteiger partial charge in [-0.05, 0) is 32.1 Å². The Morgan fingerprint density at radius 1 is 1.33 bits per heavy atom. The maximum atomic E-state index is 5.79. The monoisotopic (exact) mass is 250 g/mol. The molecule has 18 heavy (non-hydrogen) atoms. The van der Waals surface area contributed by atoms with E-state index in [1.54, 1.807) is 0 Å². The van der Waals surface area contributed by atoms with Crippen LogP contribution < -0.4 is 5.73 Å². The first-order valence-electron chi connectivity index (χ1n) is 7.25. The molecule has 0 spiro atoms. The molecule has 102 valence electrons. The van der Waals surface area contributed by atoms with Gasteiger partial charge >= 0.3 is 0 Å². The number of nitrogens with two attached hydrogens (primary N) is 1. The van der Waals surface area contributed by atoms with Gasteiger partial charge in [0.2, 0.25) is 0 Å². The highest BCUT2D eigenvalue weighted by molar-refractivity contribution is 5.04. The van der Waals surface area contributed by atoms with Crippen LogP contribution in [0.1, 0.15) is 64.0 Å². The van der Waals surface area contributed by atoms with Gasteiger partial charge in [-0.1, -0.05) is 20.3 Å². The summed E-state index contributed by atoms with van der Waals surface area (Å²) in [5, 5.41) is 8.77. The molecule has 0 fully saturated rings. The SMILES string of the molecule is CC(N)CCCC(C)c1nnc2n1CCC(C)C2. The largest absolute Gasteiger partial charge is 0.328 e. The molecule has 0 bridgehead atoms. The second kappa shape index (κ2) is 5.83. The molecular formula is C14H26N4. The molecule has 0 aliphatic carbocycles. The van der Waals surface area contributed by atoms with Crippen molar-refractivity contribution in [3.05, 3.63) is 11.6 Å². The van der Waals surface area contributed by atoms with Crippen LogP contribution in [-0.2, 0) is 13.0 Å². The van der Waals surface area contributed by atoms with Crippen molar-refractivity contribution in [2.45, 2.75) is 71.4 Å². The van der Waals surface area contributed by atoms with Crippen LogP contribution in [0, 0.1) is 5.92 Å². The highest BCUT2D eigenvalue weighted by atomic mass is 15.3. The number of fused-ring (bicyclic) bond motifs is 1. The standard InChI is InChI=1S/C14H26N4/c1-10-7-8-18-13(9-10)16-17-14(18)11(2)5-4-6-12(3)15/h10-12H,4-9,15H2,1-3H3. The Bertz CT molecular complexity index is 383. The van der Waals surface area contributed by atoms with Crippen molar-refractivity contribution in [3.63, 3.8) is 0 Å². The second-order valence-corrected chi connectivity index (χ2v) is 6.03. The summed E-state index contributed by atoms with van der Waals surface area (Å²) < 4.78 is 2.34. The van der Waals surface area contributed by atoms with Crippen molar-refractivity contribution in [2.75, 3.05) is 0 Å². The van der Waals surface area contributed by atoms with Gasteiger partial charge in [0, 0.05) is 24.9 Å². The molecule has 2 rings (SSSR count). The molecule has 2 N–H and O–H groups in total. The second-order valence-electron chi connectivity index (χ2n) is 6.03. The van der Waals surface area contributed by atoms with E-state index < -0.39 is 0 Å². The van der Waals surface area contributed by atoms with Gasteiger partial charge < -0.3 is 10.3 Å². The van der Waals surface area contributed by atoms with Gasteiger partial charge in [-0.25, -0.2) is 0 Å². The van der Waals surface area contributed by atoms with Gasteiger partial charge in [0.1, 0.15) is 11.6 Å². The van der Waals surface area contributed by atoms with Crippen molar-refractivity contribution in [1.29, 1.82) is 0 Å². The Labute approximate surface area is 110 Å². The highest BCUT2D eigenvalue weighted by Crippen LogP contribution is 2.26. The molecule has 0 saturated carbocycles. The number of nitrogens with zero attached hydrogens (tertiary/aromatic N) is 3. The third kappa shape index (κ3) is 3.10. The van der Waals surface area contributed by atoms with Crippen molar-refractivity contribution in [3.8, 4) is 0 Å². The fourth-order valence-corrected chi connectivity index (χ4v) is 2.75. The van der Waals surface area contributed by atoms with Crippen molar-refractivity contribution in [1.82, 2.24) is 14.8 Å². The Kier molecular flexibility index (Phi) is 4.38. The molecule has 3 atom stereocenters. The van der Waals surface area contributed by atoms with Crippen LogP contribution >= 0.6 is 0 Å². The van der Waals surface area contributed by atoms with Gasteiger partial charge in [-0.15, -0.1) is 10.2 Å². The first-order chi connectivity index (χ1) is 8.58. The first-order valence-corrected chi connectivity index (χ1v) is 7.25. The van der Waals surface area contributed by atoms with E-state index in [4.69, 9.17) is 5.73 Å². The number of rotatable bonds is 5. The molecule has 0 saturated heterocycles. The van der Waals surface area contributed by atoms with Crippen LogP contribution in [0.2, 0.25) is 0 Å². The lowest BCUT2D eigenvalue weighted by Gasteiger charge is -2.22. The Morgan fingerprint density at radius 2 is 2.11 bits per heavy atom. The minimum atomic E-state index is 0.311. The van der Waals surface area contributed by atoms with E-state index in [1.165, 1.54) is 24.5 Å². The van der Waals surface area contributed by atoms with Crippen LogP contribution in [0.15, 0.2) is 0 Å². The summed E-state index contributed by atoms with van der Waals surface area (Å²) in [4.78, 5) is 0. The van der Waals surface area contributed by atoms with E-state index in [-0.39, 0.29) is 0 Å². The zero-order valence-corrected chi connectivity index (χ0v) is 11.9. The molecule has 1 aromatic rings.